The van der Waals surface area contributed by atoms with Crippen LogP contribution in [0.5, 0.6) is 0 Å². The minimum Gasteiger partial charge on any atom is -0.355 e. The molecule has 0 saturated heterocycles. The molecular weight excluding hydrogens is 224 g/mol. The monoisotopic (exact) mass is 238 g/mol. The van der Waals surface area contributed by atoms with Crippen LogP contribution in [0.4, 0.5) is 5.82 Å². The normalized spacial score (nSPS) is 9.83. The van der Waals surface area contributed by atoms with Gasteiger partial charge < -0.3 is 4.90 Å². The lowest BCUT2D eigenvalue weighted by atomic mass is 10.1. The number of aromatic nitrogens is 2. The second kappa shape index (κ2) is 5.28. The standard InChI is InChI=1S/C14H14N4/c1-11-3-5-12(6-4-11)9-18(2)14-7-13(8-15)16-10-17-14/h3-7,10H,9H2,1-2H3. The van der Waals surface area contributed by atoms with Gasteiger partial charge >= 0.3 is 0 Å². The van der Waals surface area contributed by atoms with Gasteiger partial charge in [0.1, 0.15) is 23.9 Å². The maximum atomic E-state index is 8.81. The van der Waals surface area contributed by atoms with Crippen LogP contribution in [0.25, 0.3) is 0 Å². The van der Waals surface area contributed by atoms with Gasteiger partial charge in [0.25, 0.3) is 0 Å². The molecule has 0 bridgehead atoms. The maximum absolute atomic E-state index is 8.81. The number of rotatable bonds is 3. The number of nitrogens with zero attached hydrogens (tertiary/aromatic N) is 4. The first kappa shape index (κ1) is 12.1. The molecule has 0 fully saturated rings. The molecule has 1 aromatic carbocycles. The summed E-state index contributed by atoms with van der Waals surface area (Å²) in [6.45, 7) is 2.82. The lowest BCUT2D eigenvalue weighted by molar-refractivity contribution is 0.888. The first-order valence-electron chi connectivity index (χ1n) is 5.68. The molecule has 0 N–H and O–H groups in total. The van der Waals surface area contributed by atoms with E-state index in [4.69, 9.17) is 5.26 Å². The number of hydrogen-bond acceptors (Lipinski definition) is 4. The summed E-state index contributed by atoms with van der Waals surface area (Å²) in [5, 5.41) is 8.81. The van der Waals surface area contributed by atoms with Crippen LogP contribution in [0.15, 0.2) is 36.7 Å². The summed E-state index contributed by atoms with van der Waals surface area (Å²) in [7, 11) is 1.95. The highest BCUT2D eigenvalue weighted by atomic mass is 15.2. The van der Waals surface area contributed by atoms with Gasteiger partial charge in [0.05, 0.1) is 0 Å². The predicted octanol–water partition coefficient (Wildman–Crippen LogP) is 2.29. The molecule has 0 amide bonds. The van der Waals surface area contributed by atoms with Gasteiger partial charge in [0.15, 0.2) is 0 Å². The van der Waals surface area contributed by atoms with Crippen molar-refractivity contribution in [2.45, 2.75) is 13.5 Å². The van der Waals surface area contributed by atoms with E-state index in [1.165, 1.54) is 17.5 Å². The third kappa shape index (κ3) is 2.83. The molecule has 2 aromatic rings. The molecule has 0 saturated carbocycles. The molecule has 1 aromatic heterocycles. The summed E-state index contributed by atoms with van der Waals surface area (Å²) >= 11 is 0. The smallest absolute Gasteiger partial charge is 0.145 e. The first-order valence-corrected chi connectivity index (χ1v) is 5.68. The first-order chi connectivity index (χ1) is 8.69. The minimum absolute atomic E-state index is 0.385. The van der Waals surface area contributed by atoms with E-state index in [1.807, 2.05) is 18.0 Å². The highest BCUT2D eigenvalue weighted by molar-refractivity contribution is 5.42. The second-order valence-corrected chi connectivity index (χ2v) is 4.21. The molecule has 0 aliphatic carbocycles. The van der Waals surface area contributed by atoms with E-state index in [-0.39, 0.29) is 0 Å². The van der Waals surface area contributed by atoms with Crippen molar-refractivity contribution < 1.29 is 0 Å². The van der Waals surface area contributed by atoms with E-state index in [1.54, 1.807) is 6.07 Å². The van der Waals surface area contributed by atoms with Gasteiger partial charge in [0.2, 0.25) is 0 Å². The molecular formula is C14H14N4. The summed E-state index contributed by atoms with van der Waals surface area (Å²) in [6, 6.07) is 12.1. The van der Waals surface area contributed by atoms with E-state index in [9.17, 15) is 0 Å². The Balaban J connectivity index is 2.14. The molecule has 18 heavy (non-hydrogen) atoms. The molecule has 90 valence electrons. The minimum atomic E-state index is 0.385. The van der Waals surface area contributed by atoms with Crippen molar-refractivity contribution in [3.8, 4) is 6.07 Å². The largest absolute Gasteiger partial charge is 0.355 e. The van der Waals surface area contributed by atoms with Crippen LogP contribution in [-0.4, -0.2) is 17.0 Å². The van der Waals surface area contributed by atoms with E-state index in [0.717, 1.165) is 12.4 Å². The molecule has 4 heteroatoms. The Bertz CT molecular complexity index is 569. The molecule has 0 radical (unpaired) electrons. The van der Waals surface area contributed by atoms with Gasteiger partial charge in [-0.3, -0.25) is 0 Å². The van der Waals surface area contributed by atoms with Gasteiger partial charge in [0, 0.05) is 19.7 Å². The Morgan fingerprint density at radius 2 is 1.94 bits per heavy atom. The molecule has 4 nitrogen and oxygen atoms in total. The molecule has 0 atom stereocenters. The van der Waals surface area contributed by atoms with Crippen LogP contribution < -0.4 is 4.90 Å². The molecule has 0 aliphatic rings. The number of anilines is 1. The number of aryl methyl sites for hydroxylation is 1. The Kier molecular flexibility index (Phi) is 3.54. The zero-order valence-corrected chi connectivity index (χ0v) is 10.5. The summed E-state index contributed by atoms with van der Waals surface area (Å²) < 4.78 is 0. The van der Waals surface area contributed by atoms with Crippen LogP contribution in [0.1, 0.15) is 16.8 Å². The molecule has 0 unspecified atom stereocenters. The van der Waals surface area contributed by atoms with Crippen LogP contribution in [0.2, 0.25) is 0 Å². The fraction of sp³-hybridized carbons (Fsp3) is 0.214. The van der Waals surface area contributed by atoms with E-state index in [0.29, 0.717) is 5.69 Å². The third-order valence-corrected chi connectivity index (χ3v) is 2.70. The van der Waals surface area contributed by atoms with Gasteiger partial charge in [-0.05, 0) is 12.5 Å². The Morgan fingerprint density at radius 3 is 2.61 bits per heavy atom. The highest BCUT2D eigenvalue weighted by Crippen LogP contribution is 2.13. The summed E-state index contributed by atoms with van der Waals surface area (Å²) in [5.41, 5.74) is 2.84. The van der Waals surface area contributed by atoms with Crippen LogP contribution in [0, 0.1) is 18.3 Å². The fourth-order valence-corrected chi connectivity index (χ4v) is 1.67. The SMILES string of the molecule is Cc1ccc(CN(C)c2cc(C#N)ncn2)cc1. The quantitative estimate of drug-likeness (QED) is 0.823. The number of benzene rings is 1. The second-order valence-electron chi connectivity index (χ2n) is 4.21. The lowest BCUT2D eigenvalue weighted by Crippen LogP contribution is -2.17. The molecule has 2 rings (SSSR count). The molecule has 1 heterocycles. The van der Waals surface area contributed by atoms with Crippen LogP contribution in [0.3, 0.4) is 0 Å². The lowest BCUT2D eigenvalue weighted by Gasteiger charge is -2.18. The van der Waals surface area contributed by atoms with Crippen molar-refractivity contribution >= 4 is 5.82 Å². The van der Waals surface area contributed by atoms with Gasteiger partial charge in [-0.25, -0.2) is 9.97 Å². The Hall–Kier alpha value is -2.41. The average molecular weight is 238 g/mol. The van der Waals surface area contributed by atoms with Crippen LogP contribution in [-0.2, 0) is 6.54 Å². The zero-order valence-electron chi connectivity index (χ0n) is 10.5. The van der Waals surface area contributed by atoms with Gasteiger partial charge in [-0.15, -0.1) is 0 Å². The zero-order chi connectivity index (χ0) is 13.0. The van der Waals surface area contributed by atoms with Crippen molar-refractivity contribution in [1.29, 1.82) is 5.26 Å². The topological polar surface area (TPSA) is 52.8 Å². The maximum Gasteiger partial charge on any atom is 0.145 e. The van der Waals surface area contributed by atoms with Gasteiger partial charge in [-0.2, -0.15) is 5.26 Å². The highest BCUT2D eigenvalue weighted by Gasteiger charge is 2.05. The van der Waals surface area contributed by atoms with E-state index >= 15 is 0 Å². The molecule has 0 aliphatic heterocycles. The van der Waals surface area contributed by atoms with Crippen molar-refractivity contribution in [3.63, 3.8) is 0 Å². The Morgan fingerprint density at radius 1 is 1.22 bits per heavy atom. The summed E-state index contributed by atoms with van der Waals surface area (Å²) in [4.78, 5) is 10.0. The van der Waals surface area contributed by atoms with Crippen molar-refractivity contribution in [1.82, 2.24) is 9.97 Å². The third-order valence-electron chi connectivity index (χ3n) is 2.70. The fourth-order valence-electron chi connectivity index (χ4n) is 1.67. The number of nitriles is 1. The van der Waals surface area contributed by atoms with Crippen LogP contribution >= 0.6 is 0 Å². The molecule has 0 spiro atoms. The van der Waals surface area contributed by atoms with E-state index in [2.05, 4.69) is 41.2 Å². The summed E-state index contributed by atoms with van der Waals surface area (Å²) in [5.74, 6) is 0.752. The predicted molar refractivity (Wildman–Crippen MR) is 70.0 cm³/mol. The summed E-state index contributed by atoms with van der Waals surface area (Å²) in [6.07, 6.45) is 1.42. The van der Waals surface area contributed by atoms with E-state index < -0.39 is 0 Å². The average Bonchev–Trinajstić information content (AvgIpc) is 2.41. The van der Waals surface area contributed by atoms with Gasteiger partial charge in [-0.1, -0.05) is 29.8 Å². The number of hydrogen-bond donors (Lipinski definition) is 0. The Labute approximate surface area is 107 Å². The van der Waals surface area contributed by atoms with Crippen molar-refractivity contribution in [2.75, 3.05) is 11.9 Å². The van der Waals surface area contributed by atoms with Crippen molar-refractivity contribution in [3.05, 3.63) is 53.5 Å². The van der Waals surface area contributed by atoms with Crippen molar-refractivity contribution in [2.24, 2.45) is 0 Å².